The molecule has 1 heterocycles. The largest absolute Gasteiger partial charge is 0.449 e. The summed E-state index contributed by atoms with van der Waals surface area (Å²) in [5.41, 5.74) is 5.45. The Balaban J connectivity index is 2.39. The van der Waals surface area contributed by atoms with Gasteiger partial charge in [0.15, 0.2) is 6.10 Å². The van der Waals surface area contributed by atoms with Gasteiger partial charge in [-0.25, -0.2) is 22.3 Å². The van der Waals surface area contributed by atoms with Gasteiger partial charge in [-0.2, -0.15) is 0 Å². The third-order valence-corrected chi connectivity index (χ3v) is 6.12. The van der Waals surface area contributed by atoms with Crippen LogP contribution in [0.3, 0.4) is 0 Å². The van der Waals surface area contributed by atoms with Gasteiger partial charge in [0.2, 0.25) is 10.0 Å². The van der Waals surface area contributed by atoms with E-state index in [0.717, 1.165) is 30.2 Å². The maximum absolute atomic E-state index is 12.7. The molecule has 1 atom stereocenters. The zero-order valence-electron chi connectivity index (χ0n) is 16.0. The molecule has 10 nitrogen and oxygen atoms in total. The van der Waals surface area contributed by atoms with Crippen LogP contribution in [-0.4, -0.2) is 63.9 Å². The Morgan fingerprint density at radius 2 is 1.82 bits per heavy atom. The van der Waals surface area contributed by atoms with Crippen LogP contribution in [0.1, 0.15) is 30.1 Å². The lowest BCUT2D eigenvalue weighted by Gasteiger charge is -2.22. The van der Waals surface area contributed by atoms with Gasteiger partial charge in [0.25, 0.3) is 5.91 Å². The molecule has 1 aromatic carbocycles. The SMILES string of the molecule is C[C@@H](OC(=O)c1cc(S(=O)(=O)N(C)C)ccc1N1CCCC1)C(=O)NC(N)=O. The van der Waals surface area contributed by atoms with Gasteiger partial charge >= 0.3 is 12.0 Å². The molecule has 0 unspecified atom stereocenters. The van der Waals surface area contributed by atoms with E-state index in [2.05, 4.69) is 0 Å². The summed E-state index contributed by atoms with van der Waals surface area (Å²) in [7, 11) is -0.994. The smallest absolute Gasteiger partial charge is 0.341 e. The zero-order valence-corrected chi connectivity index (χ0v) is 16.8. The summed E-state index contributed by atoms with van der Waals surface area (Å²) in [5.74, 6) is -1.74. The van der Waals surface area contributed by atoms with Crippen molar-refractivity contribution in [3.63, 3.8) is 0 Å². The average molecular weight is 412 g/mol. The van der Waals surface area contributed by atoms with E-state index in [4.69, 9.17) is 10.5 Å². The number of nitrogens with zero attached hydrogens (tertiary/aromatic N) is 2. The van der Waals surface area contributed by atoms with E-state index < -0.39 is 34.0 Å². The van der Waals surface area contributed by atoms with E-state index >= 15 is 0 Å². The van der Waals surface area contributed by atoms with Crippen molar-refractivity contribution in [1.29, 1.82) is 0 Å². The van der Waals surface area contributed by atoms with Crippen LogP contribution in [0.2, 0.25) is 0 Å². The highest BCUT2D eigenvalue weighted by atomic mass is 32.2. The molecule has 1 aliphatic rings. The Bertz CT molecular complexity index is 878. The van der Waals surface area contributed by atoms with Crippen LogP contribution in [0.15, 0.2) is 23.1 Å². The molecule has 0 radical (unpaired) electrons. The van der Waals surface area contributed by atoms with Crippen LogP contribution >= 0.6 is 0 Å². The predicted octanol–water partition coefficient (Wildman–Crippen LogP) is 0.277. The molecule has 1 fully saturated rings. The number of anilines is 1. The van der Waals surface area contributed by atoms with E-state index in [1.54, 1.807) is 6.07 Å². The number of sulfonamides is 1. The second-order valence-corrected chi connectivity index (χ2v) is 8.71. The highest BCUT2D eigenvalue weighted by molar-refractivity contribution is 7.89. The Morgan fingerprint density at radius 3 is 2.36 bits per heavy atom. The molecule has 0 aliphatic carbocycles. The van der Waals surface area contributed by atoms with Gasteiger partial charge in [0.05, 0.1) is 16.1 Å². The van der Waals surface area contributed by atoms with Crippen LogP contribution < -0.4 is 16.0 Å². The van der Waals surface area contributed by atoms with Crippen molar-refractivity contribution in [1.82, 2.24) is 9.62 Å². The molecule has 3 N–H and O–H groups in total. The number of hydrogen-bond donors (Lipinski definition) is 2. The first-order valence-corrected chi connectivity index (χ1v) is 10.1. The molecule has 1 saturated heterocycles. The van der Waals surface area contributed by atoms with Gasteiger partial charge in [0, 0.05) is 27.2 Å². The molecule has 0 bridgehead atoms. The molecule has 1 aliphatic heterocycles. The fraction of sp³-hybridized carbons (Fsp3) is 0.471. The minimum atomic E-state index is -3.77. The second kappa shape index (κ2) is 8.57. The van der Waals surface area contributed by atoms with E-state index in [1.807, 2.05) is 10.2 Å². The molecule has 0 aromatic heterocycles. The van der Waals surface area contributed by atoms with Crippen molar-refractivity contribution >= 4 is 33.6 Å². The van der Waals surface area contributed by atoms with Crippen molar-refractivity contribution in [2.45, 2.75) is 30.8 Å². The van der Waals surface area contributed by atoms with Crippen LogP contribution in [0.25, 0.3) is 0 Å². The molecule has 154 valence electrons. The molecule has 2 rings (SSSR count). The summed E-state index contributed by atoms with van der Waals surface area (Å²) < 4.78 is 31.0. The lowest BCUT2D eigenvalue weighted by molar-refractivity contribution is -0.127. The van der Waals surface area contributed by atoms with Gasteiger partial charge in [-0.15, -0.1) is 0 Å². The number of urea groups is 1. The van der Waals surface area contributed by atoms with E-state index in [1.165, 1.54) is 33.2 Å². The Morgan fingerprint density at radius 1 is 1.21 bits per heavy atom. The van der Waals surface area contributed by atoms with Gasteiger partial charge in [-0.1, -0.05) is 0 Å². The number of ether oxygens (including phenoxy) is 1. The summed E-state index contributed by atoms with van der Waals surface area (Å²) in [6.07, 6.45) is 0.605. The van der Waals surface area contributed by atoms with Crippen LogP contribution in [0, 0.1) is 0 Å². The van der Waals surface area contributed by atoms with Crippen molar-refractivity contribution in [3.05, 3.63) is 23.8 Å². The molecule has 28 heavy (non-hydrogen) atoms. The summed E-state index contributed by atoms with van der Waals surface area (Å²) in [5, 5.41) is 1.83. The lowest BCUT2D eigenvalue weighted by atomic mass is 10.1. The van der Waals surface area contributed by atoms with E-state index in [-0.39, 0.29) is 10.5 Å². The standard InChI is InChI=1S/C17H24N4O6S/c1-11(15(22)19-17(18)24)27-16(23)13-10-12(28(25,26)20(2)3)6-7-14(13)21-8-4-5-9-21/h6-7,10-11H,4-5,8-9H2,1-3H3,(H3,18,19,22,24)/t11-/m1/s1. The Labute approximate surface area is 163 Å². The quantitative estimate of drug-likeness (QED) is 0.640. The molecule has 0 saturated carbocycles. The zero-order chi connectivity index (χ0) is 21.1. The summed E-state index contributed by atoms with van der Waals surface area (Å²) in [6, 6.07) is 3.17. The van der Waals surface area contributed by atoms with Gasteiger partial charge in [-0.05, 0) is 38.0 Å². The number of esters is 1. The Kier molecular flexibility index (Phi) is 6.62. The third kappa shape index (κ3) is 4.78. The number of amides is 3. The lowest BCUT2D eigenvalue weighted by Crippen LogP contribution is -2.42. The number of primary amides is 1. The van der Waals surface area contributed by atoms with E-state index in [0.29, 0.717) is 5.69 Å². The number of hydrogen-bond acceptors (Lipinski definition) is 7. The normalized spacial score (nSPS) is 15.4. The fourth-order valence-electron chi connectivity index (χ4n) is 2.78. The highest BCUT2D eigenvalue weighted by Gasteiger charge is 2.27. The summed E-state index contributed by atoms with van der Waals surface area (Å²) >= 11 is 0. The van der Waals surface area contributed by atoms with Crippen molar-refractivity contribution in [3.8, 4) is 0 Å². The molecule has 1 aromatic rings. The van der Waals surface area contributed by atoms with Crippen molar-refractivity contribution in [2.24, 2.45) is 5.73 Å². The number of imide groups is 1. The second-order valence-electron chi connectivity index (χ2n) is 6.56. The maximum atomic E-state index is 12.7. The first-order valence-electron chi connectivity index (χ1n) is 8.67. The number of carbonyl (C=O) groups is 3. The van der Waals surface area contributed by atoms with Gasteiger partial charge in [-0.3, -0.25) is 10.1 Å². The monoisotopic (exact) mass is 412 g/mol. The van der Waals surface area contributed by atoms with Gasteiger partial charge in [0.1, 0.15) is 0 Å². The van der Waals surface area contributed by atoms with Crippen LogP contribution in [-0.2, 0) is 19.6 Å². The average Bonchev–Trinajstić information content (AvgIpc) is 3.14. The number of carbonyl (C=O) groups excluding carboxylic acids is 3. The number of nitrogens with one attached hydrogen (secondary N) is 1. The van der Waals surface area contributed by atoms with Gasteiger partial charge < -0.3 is 15.4 Å². The number of nitrogens with two attached hydrogens (primary N) is 1. The number of benzene rings is 1. The fourth-order valence-corrected chi connectivity index (χ4v) is 3.71. The maximum Gasteiger partial charge on any atom is 0.341 e. The number of rotatable bonds is 6. The minimum Gasteiger partial charge on any atom is -0.449 e. The Hall–Kier alpha value is -2.66. The summed E-state index contributed by atoms with van der Waals surface area (Å²) in [4.78, 5) is 37.2. The molecule has 11 heteroatoms. The first-order chi connectivity index (χ1) is 13.0. The predicted molar refractivity (Wildman–Crippen MR) is 101 cm³/mol. The third-order valence-electron chi connectivity index (χ3n) is 4.31. The first kappa shape index (κ1) is 21.6. The molecular formula is C17H24N4O6S. The van der Waals surface area contributed by atoms with Crippen molar-refractivity contribution < 1.29 is 27.5 Å². The molecule has 3 amide bonds. The van der Waals surface area contributed by atoms with Crippen molar-refractivity contribution in [2.75, 3.05) is 32.1 Å². The molecular weight excluding hydrogens is 388 g/mol. The van der Waals surface area contributed by atoms with Crippen LogP contribution in [0.4, 0.5) is 10.5 Å². The molecule has 0 spiro atoms. The summed E-state index contributed by atoms with van der Waals surface area (Å²) in [6.45, 7) is 2.72. The minimum absolute atomic E-state index is 0.0311. The van der Waals surface area contributed by atoms with E-state index in [9.17, 15) is 22.8 Å². The highest BCUT2D eigenvalue weighted by Crippen LogP contribution is 2.29. The topological polar surface area (TPSA) is 139 Å². The van der Waals surface area contributed by atoms with Crippen LogP contribution in [0.5, 0.6) is 0 Å².